The van der Waals surface area contributed by atoms with Crippen LogP contribution in [0.1, 0.15) is 6.42 Å². The minimum Gasteiger partial charge on any atom is -0.379 e. The van der Waals surface area contributed by atoms with Gasteiger partial charge in [0.1, 0.15) is 0 Å². The van der Waals surface area contributed by atoms with Gasteiger partial charge in [-0.3, -0.25) is 4.79 Å². The van der Waals surface area contributed by atoms with Gasteiger partial charge in [0.05, 0.1) is 28.6 Å². The van der Waals surface area contributed by atoms with Crippen molar-refractivity contribution in [3.8, 4) is 0 Å². The lowest BCUT2D eigenvalue weighted by atomic mass is 10.3. The number of carbonyl (C=O) groups excluding carboxylic acids is 2. The van der Waals surface area contributed by atoms with E-state index >= 15 is 0 Å². The fraction of sp³-hybridized carbons (Fsp3) is 0.500. The zero-order chi connectivity index (χ0) is 19.3. The van der Waals surface area contributed by atoms with E-state index in [4.69, 9.17) is 4.74 Å². The number of thioether (sulfide) groups is 1. The standard InChI is InChI=1S/C18H23N5O3S2/c24-16(20-13-3-8-26-10-13)11-27-18-22-14-2-1-12(9-15(14)28-18)21-17(25)23-6-4-19-5-7-23/h1-2,9,13,19H,3-8,10-11H2,(H,20,24)(H,21,25)/t13-/m1/s1. The first-order valence-electron chi connectivity index (χ1n) is 9.34. The quantitative estimate of drug-likeness (QED) is 0.637. The van der Waals surface area contributed by atoms with Crippen LogP contribution in [0.3, 0.4) is 0 Å². The molecule has 2 aliphatic rings. The number of fused-ring (bicyclic) bond motifs is 1. The molecule has 10 heteroatoms. The average molecular weight is 422 g/mol. The first-order chi connectivity index (χ1) is 13.7. The van der Waals surface area contributed by atoms with Crippen LogP contribution in [-0.4, -0.2) is 73.0 Å². The van der Waals surface area contributed by atoms with Crippen LogP contribution in [-0.2, 0) is 9.53 Å². The summed E-state index contributed by atoms with van der Waals surface area (Å²) in [6.07, 6.45) is 0.875. The number of thiazole rings is 1. The third-order valence-corrected chi connectivity index (χ3v) is 6.81. The van der Waals surface area contributed by atoms with Crippen molar-refractivity contribution in [1.82, 2.24) is 20.5 Å². The summed E-state index contributed by atoms with van der Waals surface area (Å²) in [7, 11) is 0. The lowest BCUT2D eigenvalue weighted by molar-refractivity contribution is -0.119. The Hall–Kier alpha value is -1.88. The highest BCUT2D eigenvalue weighted by atomic mass is 32.2. The van der Waals surface area contributed by atoms with E-state index in [0.717, 1.165) is 39.8 Å². The molecular weight excluding hydrogens is 398 g/mol. The molecule has 2 aliphatic heterocycles. The third-order valence-electron chi connectivity index (χ3n) is 4.65. The number of hydrogen-bond acceptors (Lipinski definition) is 7. The smallest absolute Gasteiger partial charge is 0.321 e. The summed E-state index contributed by atoms with van der Waals surface area (Å²) < 4.78 is 7.11. The van der Waals surface area contributed by atoms with Crippen molar-refractivity contribution in [2.75, 3.05) is 50.5 Å². The summed E-state index contributed by atoms with van der Waals surface area (Å²) in [5, 5.41) is 9.17. The van der Waals surface area contributed by atoms with Crippen molar-refractivity contribution < 1.29 is 14.3 Å². The molecule has 0 bridgehead atoms. The maximum Gasteiger partial charge on any atom is 0.321 e. The van der Waals surface area contributed by atoms with Crippen molar-refractivity contribution in [2.45, 2.75) is 16.8 Å². The normalized spacial score (nSPS) is 19.7. The van der Waals surface area contributed by atoms with Gasteiger partial charge in [-0.05, 0) is 24.6 Å². The number of nitrogens with zero attached hydrogens (tertiary/aromatic N) is 2. The molecule has 2 aromatic rings. The summed E-state index contributed by atoms with van der Waals surface area (Å²) in [4.78, 5) is 30.8. The number of urea groups is 1. The molecule has 4 rings (SSSR count). The molecule has 150 valence electrons. The molecule has 0 aliphatic carbocycles. The van der Waals surface area contributed by atoms with Crippen LogP contribution in [0.2, 0.25) is 0 Å². The Morgan fingerprint density at radius 1 is 1.36 bits per heavy atom. The largest absolute Gasteiger partial charge is 0.379 e. The molecule has 0 spiro atoms. The summed E-state index contributed by atoms with van der Waals surface area (Å²) in [6.45, 7) is 4.38. The number of amides is 3. The number of piperazine rings is 1. The number of rotatable bonds is 5. The van der Waals surface area contributed by atoms with Crippen molar-refractivity contribution in [3.05, 3.63) is 18.2 Å². The molecule has 0 saturated carbocycles. The van der Waals surface area contributed by atoms with Crippen molar-refractivity contribution in [1.29, 1.82) is 0 Å². The molecule has 0 unspecified atom stereocenters. The van der Waals surface area contributed by atoms with Crippen molar-refractivity contribution in [3.63, 3.8) is 0 Å². The van der Waals surface area contributed by atoms with Crippen LogP contribution in [0.4, 0.5) is 10.5 Å². The Morgan fingerprint density at radius 2 is 2.21 bits per heavy atom. The van der Waals surface area contributed by atoms with E-state index in [2.05, 4.69) is 20.9 Å². The van der Waals surface area contributed by atoms with Gasteiger partial charge in [-0.25, -0.2) is 9.78 Å². The summed E-state index contributed by atoms with van der Waals surface area (Å²) >= 11 is 2.96. The number of ether oxygens (including phenoxy) is 1. The van der Waals surface area contributed by atoms with Crippen LogP contribution >= 0.6 is 23.1 Å². The van der Waals surface area contributed by atoms with E-state index in [1.54, 1.807) is 0 Å². The number of aromatic nitrogens is 1. The van der Waals surface area contributed by atoms with Gasteiger partial charge >= 0.3 is 6.03 Å². The van der Waals surface area contributed by atoms with E-state index in [0.29, 0.717) is 32.1 Å². The van der Waals surface area contributed by atoms with Crippen LogP contribution < -0.4 is 16.0 Å². The highest BCUT2D eigenvalue weighted by Crippen LogP contribution is 2.31. The predicted molar refractivity (Wildman–Crippen MR) is 111 cm³/mol. The Morgan fingerprint density at radius 3 is 3.00 bits per heavy atom. The number of anilines is 1. The Bertz CT molecular complexity index is 847. The topological polar surface area (TPSA) is 95.6 Å². The second-order valence-corrected chi connectivity index (χ2v) is 9.00. The second-order valence-electron chi connectivity index (χ2n) is 6.75. The van der Waals surface area contributed by atoms with Gasteiger partial charge in [0, 0.05) is 38.5 Å². The molecule has 3 heterocycles. The average Bonchev–Trinajstić information content (AvgIpc) is 3.36. The monoisotopic (exact) mass is 421 g/mol. The summed E-state index contributed by atoms with van der Waals surface area (Å²) in [5.41, 5.74) is 1.63. The van der Waals surface area contributed by atoms with Crippen LogP contribution in [0.15, 0.2) is 22.5 Å². The van der Waals surface area contributed by atoms with Crippen LogP contribution in [0, 0.1) is 0 Å². The number of nitrogens with one attached hydrogen (secondary N) is 3. The Kier molecular flexibility index (Phi) is 6.30. The zero-order valence-corrected chi connectivity index (χ0v) is 17.0. The number of carbonyl (C=O) groups is 2. The van der Waals surface area contributed by atoms with Gasteiger partial charge in [-0.15, -0.1) is 11.3 Å². The van der Waals surface area contributed by atoms with Gasteiger partial charge < -0.3 is 25.6 Å². The minimum absolute atomic E-state index is 0.00345. The molecule has 28 heavy (non-hydrogen) atoms. The second kappa shape index (κ2) is 9.08. The van der Waals surface area contributed by atoms with E-state index in [1.165, 1.54) is 23.1 Å². The molecule has 1 aromatic heterocycles. The van der Waals surface area contributed by atoms with Crippen LogP contribution in [0.25, 0.3) is 10.2 Å². The molecular formula is C18H23N5O3S2. The van der Waals surface area contributed by atoms with E-state index in [-0.39, 0.29) is 18.0 Å². The van der Waals surface area contributed by atoms with Gasteiger partial charge in [0.15, 0.2) is 4.34 Å². The molecule has 2 saturated heterocycles. The first-order valence-corrected chi connectivity index (χ1v) is 11.1. The van der Waals surface area contributed by atoms with E-state index in [1.807, 2.05) is 23.1 Å². The highest BCUT2D eigenvalue weighted by molar-refractivity contribution is 8.01. The Labute approximate surface area is 171 Å². The van der Waals surface area contributed by atoms with Crippen molar-refractivity contribution >= 4 is 50.9 Å². The lowest BCUT2D eigenvalue weighted by Gasteiger charge is -2.27. The van der Waals surface area contributed by atoms with Gasteiger partial charge in [-0.1, -0.05) is 11.8 Å². The predicted octanol–water partition coefficient (Wildman–Crippen LogP) is 1.73. The number of hydrogen-bond donors (Lipinski definition) is 3. The molecule has 1 aromatic carbocycles. The lowest BCUT2D eigenvalue weighted by Crippen LogP contribution is -2.48. The molecule has 2 fully saturated rings. The maximum atomic E-state index is 12.3. The maximum absolute atomic E-state index is 12.3. The molecule has 3 amide bonds. The van der Waals surface area contributed by atoms with E-state index < -0.39 is 0 Å². The van der Waals surface area contributed by atoms with Gasteiger partial charge in [0.25, 0.3) is 0 Å². The van der Waals surface area contributed by atoms with E-state index in [9.17, 15) is 9.59 Å². The minimum atomic E-state index is -0.0764. The zero-order valence-electron chi connectivity index (χ0n) is 15.4. The van der Waals surface area contributed by atoms with Gasteiger partial charge in [0.2, 0.25) is 5.91 Å². The molecule has 0 radical (unpaired) electrons. The summed E-state index contributed by atoms with van der Waals surface area (Å²) in [5.74, 6) is 0.340. The first kappa shape index (κ1) is 19.4. The molecule has 3 N–H and O–H groups in total. The fourth-order valence-electron chi connectivity index (χ4n) is 3.16. The SMILES string of the molecule is O=C(CSc1nc2ccc(NC(=O)N3CCNCC3)cc2s1)N[C@@H]1CCOC1. The van der Waals surface area contributed by atoms with Crippen molar-refractivity contribution in [2.24, 2.45) is 0 Å². The highest BCUT2D eigenvalue weighted by Gasteiger charge is 2.19. The third kappa shape index (κ3) is 4.93. The Balaban J connectivity index is 1.33. The van der Waals surface area contributed by atoms with Gasteiger partial charge in [-0.2, -0.15) is 0 Å². The summed E-state index contributed by atoms with van der Waals surface area (Å²) in [6, 6.07) is 5.76. The molecule has 1 atom stereocenters. The van der Waals surface area contributed by atoms with Crippen LogP contribution in [0.5, 0.6) is 0 Å². The fourth-order valence-corrected chi connectivity index (χ4v) is 5.08. The number of benzene rings is 1. The molecule has 8 nitrogen and oxygen atoms in total.